The van der Waals surface area contributed by atoms with Crippen LogP contribution in [-0.4, -0.2) is 39.8 Å². The summed E-state index contributed by atoms with van der Waals surface area (Å²) in [6.45, 7) is 5.71. The predicted molar refractivity (Wildman–Crippen MR) is 89.6 cm³/mol. The van der Waals surface area contributed by atoms with Crippen molar-refractivity contribution < 1.29 is 14.6 Å². The van der Waals surface area contributed by atoms with E-state index in [0.717, 1.165) is 31.4 Å². The van der Waals surface area contributed by atoms with Crippen molar-refractivity contribution in [2.45, 2.75) is 70.2 Å². The number of fused-ring (bicyclic) bond motifs is 2. The molecular formula is C18H26N2O3. The molecule has 0 saturated carbocycles. The largest absolute Gasteiger partial charge is 0.506 e. The van der Waals surface area contributed by atoms with Gasteiger partial charge in [0, 0.05) is 18.1 Å². The summed E-state index contributed by atoms with van der Waals surface area (Å²) in [5.41, 5.74) is 0.309. The van der Waals surface area contributed by atoms with Gasteiger partial charge >= 0.3 is 6.09 Å². The number of benzene rings is 1. The molecule has 3 atom stereocenters. The minimum Gasteiger partial charge on any atom is -0.506 e. The number of carbonyl (C=O) groups excluding carboxylic acids is 1. The van der Waals surface area contributed by atoms with E-state index in [-0.39, 0.29) is 30.0 Å². The van der Waals surface area contributed by atoms with E-state index < -0.39 is 5.60 Å². The molecule has 0 aromatic heterocycles. The SMILES string of the molecule is CC(C)(C)OC(=O)N1[C@@H]2CC[C@H]1CC(Nc1ccccc1O)C2. The molecule has 2 aliphatic heterocycles. The fraction of sp³-hybridized carbons (Fsp3) is 0.611. The zero-order chi connectivity index (χ0) is 16.6. The zero-order valence-electron chi connectivity index (χ0n) is 14.1. The summed E-state index contributed by atoms with van der Waals surface area (Å²) in [4.78, 5) is 14.4. The van der Waals surface area contributed by atoms with Crippen molar-refractivity contribution in [3.63, 3.8) is 0 Å². The molecule has 2 saturated heterocycles. The van der Waals surface area contributed by atoms with Gasteiger partial charge in [-0.05, 0) is 58.6 Å². The first-order valence-electron chi connectivity index (χ1n) is 8.39. The molecule has 3 rings (SSSR count). The van der Waals surface area contributed by atoms with Crippen LogP contribution in [0.25, 0.3) is 0 Å². The van der Waals surface area contributed by atoms with Crippen molar-refractivity contribution in [2.75, 3.05) is 5.32 Å². The molecule has 2 bridgehead atoms. The first-order chi connectivity index (χ1) is 10.8. The van der Waals surface area contributed by atoms with E-state index in [9.17, 15) is 9.90 Å². The number of rotatable bonds is 2. The van der Waals surface area contributed by atoms with E-state index in [0.29, 0.717) is 0 Å². The Morgan fingerprint density at radius 2 is 1.83 bits per heavy atom. The van der Waals surface area contributed by atoms with E-state index in [4.69, 9.17) is 4.74 Å². The van der Waals surface area contributed by atoms with Gasteiger partial charge in [0.25, 0.3) is 0 Å². The second-order valence-corrected chi connectivity index (χ2v) is 7.60. The fourth-order valence-corrected chi connectivity index (χ4v) is 3.72. The molecule has 1 aromatic rings. The van der Waals surface area contributed by atoms with Crippen molar-refractivity contribution in [3.05, 3.63) is 24.3 Å². The third-order valence-corrected chi connectivity index (χ3v) is 4.60. The molecule has 1 unspecified atom stereocenters. The van der Waals surface area contributed by atoms with E-state index in [2.05, 4.69) is 5.32 Å². The molecule has 2 heterocycles. The van der Waals surface area contributed by atoms with Gasteiger partial charge in [-0.2, -0.15) is 0 Å². The topological polar surface area (TPSA) is 61.8 Å². The van der Waals surface area contributed by atoms with Crippen LogP contribution in [-0.2, 0) is 4.74 Å². The van der Waals surface area contributed by atoms with E-state index in [1.807, 2.05) is 43.9 Å². The summed E-state index contributed by atoms with van der Waals surface area (Å²) in [7, 11) is 0. The lowest BCUT2D eigenvalue weighted by atomic mass is 9.97. The zero-order valence-corrected chi connectivity index (χ0v) is 14.1. The molecule has 5 nitrogen and oxygen atoms in total. The van der Waals surface area contributed by atoms with Gasteiger partial charge in [0.1, 0.15) is 11.4 Å². The number of phenols is 1. The Balaban J connectivity index is 1.65. The van der Waals surface area contributed by atoms with Gasteiger partial charge in [-0.1, -0.05) is 12.1 Å². The molecular weight excluding hydrogens is 292 g/mol. The van der Waals surface area contributed by atoms with E-state index >= 15 is 0 Å². The highest BCUT2D eigenvalue weighted by molar-refractivity contribution is 5.70. The number of nitrogens with one attached hydrogen (secondary N) is 1. The third kappa shape index (κ3) is 3.54. The van der Waals surface area contributed by atoms with Gasteiger partial charge in [-0.25, -0.2) is 4.79 Å². The molecule has 2 N–H and O–H groups in total. The van der Waals surface area contributed by atoms with Crippen LogP contribution in [0.5, 0.6) is 5.75 Å². The van der Waals surface area contributed by atoms with Crippen molar-refractivity contribution in [3.8, 4) is 5.75 Å². The summed E-state index contributed by atoms with van der Waals surface area (Å²) in [5, 5.41) is 13.3. The van der Waals surface area contributed by atoms with Crippen LogP contribution < -0.4 is 5.32 Å². The first-order valence-corrected chi connectivity index (χ1v) is 8.39. The van der Waals surface area contributed by atoms with E-state index in [1.54, 1.807) is 6.07 Å². The highest BCUT2D eigenvalue weighted by Gasteiger charge is 2.44. The van der Waals surface area contributed by atoms with Crippen LogP contribution in [0.15, 0.2) is 24.3 Å². The average Bonchev–Trinajstić information content (AvgIpc) is 2.72. The fourth-order valence-electron chi connectivity index (χ4n) is 3.72. The molecule has 2 aliphatic rings. The Bertz CT molecular complexity index is 568. The number of para-hydroxylation sites is 2. The van der Waals surface area contributed by atoms with Gasteiger partial charge in [0.05, 0.1) is 5.69 Å². The Labute approximate surface area is 137 Å². The quantitative estimate of drug-likeness (QED) is 0.816. The van der Waals surface area contributed by atoms with Crippen LogP contribution in [0.4, 0.5) is 10.5 Å². The Morgan fingerprint density at radius 1 is 1.22 bits per heavy atom. The maximum Gasteiger partial charge on any atom is 0.410 e. The second kappa shape index (κ2) is 5.95. The highest BCUT2D eigenvalue weighted by Crippen LogP contribution is 2.38. The first kappa shape index (κ1) is 16.0. The predicted octanol–water partition coefficient (Wildman–Crippen LogP) is 3.73. The minimum atomic E-state index is -0.457. The number of aromatic hydroxyl groups is 1. The van der Waals surface area contributed by atoms with Gasteiger partial charge < -0.3 is 20.1 Å². The standard InChI is InChI=1S/C18H26N2O3/c1-18(2,3)23-17(22)20-13-8-9-14(20)11-12(10-13)19-15-6-4-5-7-16(15)21/h4-7,12-14,19,21H,8-11H2,1-3H3/t12?,13-,14+. The summed E-state index contributed by atoms with van der Waals surface area (Å²) < 4.78 is 5.56. The summed E-state index contributed by atoms with van der Waals surface area (Å²) in [6.07, 6.45) is 3.66. The van der Waals surface area contributed by atoms with Crippen LogP contribution >= 0.6 is 0 Å². The van der Waals surface area contributed by atoms with Crippen LogP contribution in [0.3, 0.4) is 0 Å². The van der Waals surface area contributed by atoms with Gasteiger partial charge in [0.15, 0.2) is 0 Å². The summed E-state index contributed by atoms with van der Waals surface area (Å²) in [6, 6.07) is 8.03. The molecule has 1 amide bonds. The number of hydrogen-bond donors (Lipinski definition) is 2. The van der Waals surface area contributed by atoms with Crippen LogP contribution in [0.2, 0.25) is 0 Å². The molecule has 126 valence electrons. The number of amides is 1. The highest BCUT2D eigenvalue weighted by atomic mass is 16.6. The molecule has 5 heteroatoms. The third-order valence-electron chi connectivity index (χ3n) is 4.60. The maximum absolute atomic E-state index is 12.4. The Morgan fingerprint density at radius 3 is 2.39 bits per heavy atom. The number of piperidine rings is 1. The number of hydrogen-bond acceptors (Lipinski definition) is 4. The van der Waals surface area contributed by atoms with Crippen molar-refractivity contribution >= 4 is 11.8 Å². The summed E-state index contributed by atoms with van der Waals surface area (Å²) >= 11 is 0. The molecule has 0 radical (unpaired) electrons. The molecule has 2 fully saturated rings. The maximum atomic E-state index is 12.4. The summed E-state index contributed by atoms with van der Waals surface area (Å²) in [5.74, 6) is 0.273. The number of phenolic OH excluding ortho intramolecular Hbond substituents is 1. The van der Waals surface area contributed by atoms with Crippen LogP contribution in [0.1, 0.15) is 46.5 Å². The van der Waals surface area contributed by atoms with Gasteiger partial charge in [-0.15, -0.1) is 0 Å². The smallest absolute Gasteiger partial charge is 0.410 e. The van der Waals surface area contributed by atoms with Gasteiger partial charge in [-0.3, -0.25) is 0 Å². The van der Waals surface area contributed by atoms with Crippen molar-refractivity contribution in [1.29, 1.82) is 0 Å². The number of nitrogens with zero attached hydrogens (tertiary/aromatic N) is 1. The Hall–Kier alpha value is -1.91. The molecule has 0 spiro atoms. The number of ether oxygens (including phenoxy) is 1. The molecule has 23 heavy (non-hydrogen) atoms. The lowest BCUT2D eigenvalue weighted by Crippen LogP contribution is -2.51. The lowest BCUT2D eigenvalue weighted by molar-refractivity contribution is 0.00682. The average molecular weight is 318 g/mol. The lowest BCUT2D eigenvalue weighted by Gasteiger charge is -2.40. The molecule has 1 aromatic carbocycles. The second-order valence-electron chi connectivity index (χ2n) is 7.60. The van der Waals surface area contributed by atoms with Crippen molar-refractivity contribution in [2.24, 2.45) is 0 Å². The Kier molecular flexibility index (Phi) is 4.13. The number of anilines is 1. The normalized spacial score (nSPS) is 26.9. The minimum absolute atomic E-state index is 0.189. The van der Waals surface area contributed by atoms with Gasteiger partial charge in [0.2, 0.25) is 0 Å². The van der Waals surface area contributed by atoms with Crippen molar-refractivity contribution in [1.82, 2.24) is 4.90 Å². The van der Waals surface area contributed by atoms with Crippen LogP contribution in [0, 0.1) is 0 Å². The number of carbonyl (C=O) groups is 1. The molecule has 0 aliphatic carbocycles. The van der Waals surface area contributed by atoms with E-state index in [1.165, 1.54) is 0 Å². The monoisotopic (exact) mass is 318 g/mol.